The molecule has 0 unspecified atom stereocenters. The summed E-state index contributed by atoms with van der Waals surface area (Å²) in [7, 11) is 0. The van der Waals surface area contributed by atoms with E-state index in [1.807, 2.05) is 12.1 Å². The number of piperidine rings is 1. The molecule has 0 N–H and O–H groups in total. The summed E-state index contributed by atoms with van der Waals surface area (Å²) in [6, 6.07) is 18.7. The number of rotatable bonds is 8. The van der Waals surface area contributed by atoms with Crippen LogP contribution in [0.2, 0.25) is 0 Å². The first-order valence-corrected chi connectivity index (χ1v) is 9.59. The summed E-state index contributed by atoms with van der Waals surface area (Å²) >= 11 is 0. The summed E-state index contributed by atoms with van der Waals surface area (Å²) < 4.78 is 6.05. The Morgan fingerprint density at radius 1 is 0.800 bits per heavy atom. The SMILES string of the molecule is C(=C\c1ccccc1OCCCCN1CCCCC1)/c1ccccc1. The average Bonchev–Trinajstić information content (AvgIpc) is 2.68. The molecule has 0 aliphatic carbocycles. The molecule has 2 nitrogen and oxygen atoms in total. The normalized spacial score (nSPS) is 15.5. The quantitative estimate of drug-likeness (QED) is 0.466. The Bertz CT molecular complexity index is 644. The van der Waals surface area contributed by atoms with Crippen molar-refractivity contribution in [1.82, 2.24) is 4.90 Å². The first kappa shape index (κ1) is 17.8. The van der Waals surface area contributed by atoms with Gasteiger partial charge in [-0.2, -0.15) is 0 Å². The summed E-state index contributed by atoms with van der Waals surface area (Å²) in [5.41, 5.74) is 2.35. The largest absolute Gasteiger partial charge is 0.493 e. The monoisotopic (exact) mass is 335 g/mol. The van der Waals surface area contributed by atoms with Gasteiger partial charge in [0.25, 0.3) is 0 Å². The van der Waals surface area contributed by atoms with Gasteiger partial charge in [0.2, 0.25) is 0 Å². The molecule has 2 aromatic rings. The molecule has 25 heavy (non-hydrogen) atoms. The van der Waals surface area contributed by atoms with E-state index in [2.05, 4.69) is 59.5 Å². The minimum Gasteiger partial charge on any atom is -0.493 e. The van der Waals surface area contributed by atoms with Crippen molar-refractivity contribution in [3.05, 3.63) is 65.7 Å². The average molecular weight is 335 g/mol. The fourth-order valence-electron chi connectivity index (χ4n) is 3.30. The summed E-state index contributed by atoms with van der Waals surface area (Å²) in [5.74, 6) is 0.979. The lowest BCUT2D eigenvalue weighted by Gasteiger charge is -2.26. The maximum Gasteiger partial charge on any atom is 0.126 e. The second-order valence-electron chi connectivity index (χ2n) is 6.74. The lowest BCUT2D eigenvalue weighted by atomic mass is 10.1. The van der Waals surface area contributed by atoms with Crippen molar-refractivity contribution in [3.8, 4) is 5.75 Å². The molecule has 0 atom stereocenters. The minimum absolute atomic E-state index is 0.796. The van der Waals surface area contributed by atoms with Gasteiger partial charge in [-0.15, -0.1) is 0 Å². The molecule has 0 bridgehead atoms. The van der Waals surface area contributed by atoms with Crippen LogP contribution in [0.5, 0.6) is 5.75 Å². The Kier molecular flexibility index (Phi) is 7.14. The van der Waals surface area contributed by atoms with Gasteiger partial charge in [-0.25, -0.2) is 0 Å². The van der Waals surface area contributed by atoms with E-state index in [0.29, 0.717) is 0 Å². The van der Waals surface area contributed by atoms with E-state index in [0.717, 1.165) is 24.3 Å². The molecule has 1 fully saturated rings. The van der Waals surface area contributed by atoms with Crippen molar-refractivity contribution in [2.75, 3.05) is 26.2 Å². The fourth-order valence-corrected chi connectivity index (χ4v) is 3.30. The molecule has 0 aromatic heterocycles. The zero-order valence-electron chi connectivity index (χ0n) is 15.1. The molecule has 2 heteroatoms. The molecule has 132 valence electrons. The van der Waals surface area contributed by atoms with E-state index >= 15 is 0 Å². The van der Waals surface area contributed by atoms with Crippen molar-refractivity contribution in [2.45, 2.75) is 32.1 Å². The van der Waals surface area contributed by atoms with Gasteiger partial charge in [0.05, 0.1) is 6.61 Å². The molecule has 0 spiro atoms. The Labute approximate surface area is 152 Å². The first-order chi connectivity index (χ1) is 12.4. The predicted molar refractivity (Wildman–Crippen MR) is 107 cm³/mol. The fraction of sp³-hybridized carbons (Fsp3) is 0.391. The number of likely N-dealkylation sites (tertiary alicyclic amines) is 1. The van der Waals surface area contributed by atoms with Crippen LogP contribution < -0.4 is 4.74 Å². The van der Waals surface area contributed by atoms with Gasteiger partial charge in [-0.1, -0.05) is 67.1 Å². The lowest BCUT2D eigenvalue weighted by Crippen LogP contribution is -2.30. The topological polar surface area (TPSA) is 12.5 Å². The van der Waals surface area contributed by atoms with E-state index in [4.69, 9.17) is 4.74 Å². The van der Waals surface area contributed by atoms with Gasteiger partial charge in [0.15, 0.2) is 0 Å². The van der Waals surface area contributed by atoms with Crippen molar-refractivity contribution >= 4 is 12.2 Å². The lowest BCUT2D eigenvalue weighted by molar-refractivity contribution is 0.216. The van der Waals surface area contributed by atoms with Crippen LogP contribution >= 0.6 is 0 Å². The number of benzene rings is 2. The summed E-state index contributed by atoms with van der Waals surface area (Å²) in [6.07, 6.45) is 10.8. The zero-order valence-corrected chi connectivity index (χ0v) is 15.1. The third-order valence-electron chi connectivity index (χ3n) is 4.75. The third-order valence-corrected chi connectivity index (χ3v) is 4.75. The molecule has 1 heterocycles. The molecule has 1 aliphatic rings. The van der Waals surface area contributed by atoms with Gasteiger partial charge < -0.3 is 9.64 Å². The smallest absolute Gasteiger partial charge is 0.126 e. The van der Waals surface area contributed by atoms with E-state index in [9.17, 15) is 0 Å². The van der Waals surface area contributed by atoms with Crippen molar-refractivity contribution < 1.29 is 4.74 Å². The van der Waals surface area contributed by atoms with Crippen LogP contribution in [0, 0.1) is 0 Å². The predicted octanol–water partition coefficient (Wildman–Crippen LogP) is 5.50. The second-order valence-corrected chi connectivity index (χ2v) is 6.74. The van der Waals surface area contributed by atoms with Crippen LogP contribution in [0.1, 0.15) is 43.2 Å². The van der Waals surface area contributed by atoms with Crippen LogP contribution in [0.25, 0.3) is 12.2 Å². The standard InChI is InChI=1S/C23H29NO/c1-3-11-21(12-4-1)15-16-22-13-5-6-14-23(22)25-20-10-9-19-24-17-7-2-8-18-24/h1,3-6,11-16H,2,7-10,17-20H2/b16-15+. The Hall–Kier alpha value is -2.06. The Morgan fingerprint density at radius 2 is 1.56 bits per heavy atom. The number of hydrogen-bond acceptors (Lipinski definition) is 2. The van der Waals surface area contributed by atoms with E-state index < -0.39 is 0 Å². The highest BCUT2D eigenvalue weighted by atomic mass is 16.5. The minimum atomic E-state index is 0.796. The van der Waals surface area contributed by atoms with Crippen molar-refractivity contribution in [1.29, 1.82) is 0 Å². The number of unbranched alkanes of at least 4 members (excludes halogenated alkanes) is 1. The number of nitrogens with zero attached hydrogens (tertiary/aromatic N) is 1. The highest BCUT2D eigenvalue weighted by Crippen LogP contribution is 2.21. The van der Waals surface area contributed by atoms with Gasteiger partial charge in [0.1, 0.15) is 5.75 Å². The maximum atomic E-state index is 6.05. The van der Waals surface area contributed by atoms with Gasteiger partial charge in [-0.05, 0) is 56.9 Å². The van der Waals surface area contributed by atoms with Crippen molar-refractivity contribution in [2.24, 2.45) is 0 Å². The van der Waals surface area contributed by atoms with Gasteiger partial charge in [-0.3, -0.25) is 0 Å². The zero-order chi connectivity index (χ0) is 17.2. The van der Waals surface area contributed by atoms with Crippen LogP contribution in [0.3, 0.4) is 0 Å². The van der Waals surface area contributed by atoms with Gasteiger partial charge >= 0.3 is 0 Å². The molecular weight excluding hydrogens is 306 g/mol. The number of hydrogen-bond donors (Lipinski definition) is 0. The molecule has 0 saturated carbocycles. The van der Waals surface area contributed by atoms with Crippen LogP contribution in [-0.4, -0.2) is 31.1 Å². The van der Waals surface area contributed by atoms with Crippen LogP contribution in [0.4, 0.5) is 0 Å². The first-order valence-electron chi connectivity index (χ1n) is 9.59. The van der Waals surface area contributed by atoms with Gasteiger partial charge in [0, 0.05) is 5.56 Å². The molecule has 0 radical (unpaired) electrons. The molecular formula is C23H29NO. The number of para-hydroxylation sites is 1. The summed E-state index contributed by atoms with van der Waals surface area (Å²) in [6.45, 7) is 4.59. The molecule has 2 aromatic carbocycles. The van der Waals surface area contributed by atoms with Crippen molar-refractivity contribution in [3.63, 3.8) is 0 Å². The summed E-state index contributed by atoms with van der Waals surface area (Å²) in [5, 5.41) is 0. The highest BCUT2D eigenvalue weighted by molar-refractivity contribution is 5.72. The molecule has 1 saturated heterocycles. The van der Waals surface area contributed by atoms with E-state index in [-0.39, 0.29) is 0 Å². The van der Waals surface area contributed by atoms with E-state index in [1.54, 1.807) is 0 Å². The Morgan fingerprint density at radius 3 is 2.40 bits per heavy atom. The molecule has 0 amide bonds. The second kappa shape index (κ2) is 10.0. The maximum absolute atomic E-state index is 6.05. The Balaban J connectivity index is 1.45. The molecule has 1 aliphatic heterocycles. The van der Waals surface area contributed by atoms with Crippen LogP contribution in [0.15, 0.2) is 54.6 Å². The number of ether oxygens (including phenoxy) is 1. The van der Waals surface area contributed by atoms with Crippen LogP contribution in [-0.2, 0) is 0 Å². The summed E-state index contributed by atoms with van der Waals surface area (Å²) in [4.78, 5) is 2.60. The van der Waals surface area contributed by atoms with E-state index in [1.165, 1.54) is 50.9 Å². The third kappa shape index (κ3) is 6.06. The molecule has 3 rings (SSSR count). The highest BCUT2D eigenvalue weighted by Gasteiger charge is 2.09.